The third-order valence-electron chi connectivity index (χ3n) is 3.93. The zero-order valence-electron chi connectivity index (χ0n) is 15.1. The Kier molecular flexibility index (Phi) is 5.81. The topological polar surface area (TPSA) is 83.1 Å². The normalized spacial score (nSPS) is 13.5. The van der Waals surface area contributed by atoms with Crippen molar-refractivity contribution >= 4 is 11.9 Å². The van der Waals surface area contributed by atoms with Gasteiger partial charge in [-0.1, -0.05) is 6.07 Å². The summed E-state index contributed by atoms with van der Waals surface area (Å²) in [5.41, 5.74) is 0.755. The summed E-state index contributed by atoms with van der Waals surface area (Å²) in [6.45, 7) is 1.34. The van der Waals surface area contributed by atoms with Gasteiger partial charge in [-0.2, -0.15) is 0 Å². The minimum Gasteiger partial charge on any atom is -0.454 e. The lowest BCUT2D eigenvalue weighted by Gasteiger charge is -2.15. The molecule has 0 saturated carbocycles. The Hall–Kier alpha value is -3.43. The molecular weight excluding hydrogens is 395 g/mol. The highest BCUT2D eigenvalue weighted by molar-refractivity contribution is 5.91. The maximum absolute atomic E-state index is 12.1. The van der Waals surface area contributed by atoms with Gasteiger partial charge in [0, 0.05) is 0 Å². The van der Waals surface area contributed by atoms with Gasteiger partial charge in [-0.15, -0.1) is 13.2 Å². The Morgan fingerprint density at radius 1 is 1.10 bits per heavy atom. The number of rotatable bonds is 6. The summed E-state index contributed by atoms with van der Waals surface area (Å²) >= 11 is 0. The molecule has 1 aliphatic rings. The second-order valence-corrected chi connectivity index (χ2v) is 6.05. The second kappa shape index (κ2) is 8.29. The highest BCUT2D eigenvalue weighted by atomic mass is 19.4. The number of ether oxygens (including phenoxy) is 4. The number of alkyl halides is 3. The minimum atomic E-state index is -4.82. The maximum atomic E-state index is 12.1. The number of fused-ring (bicyclic) bond motifs is 1. The van der Waals surface area contributed by atoms with Gasteiger partial charge >= 0.3 is 12.3 Å². The molecule has 0 unspecified atom stereocenters. The van der Waals surface area contributed by atoms with E-state index in [-0.39, 0.29) is 18.4 Å². The minimum absolute atomic E-state index is 0.0175. The van der Waals surface area contributed by atoms with E-state index >= 15 is 0 Å². The van der Waals surface area contributed by atoms with Crippen LogP contribution in [-0.4, -0.2) is 31.6 Å². The van der Waals surface area contributed by atoms with Gasteiger partial charge in [0.1, 0.15) is 5.75 Å². The monoisotopic (exact) mass is 411 g/mol. The molecule has 1 heterocycles. The summed E-state index contributed by atoms with van der Waals surface area (Å²) in [5, 5.41) is 2.67. The molecule has 1 N–H and O–H groups in total. The number of nitrogens with one attached hydrogen (secondary N) is 1. The molecule has 1 aliphatic heterocycles. The standard InChI is InChI=1S/C19H16F3NO6/c1-11(13-4-7-15-16(8-13)28-10-27-15)23-17(24)9-26-18(25)12-2-5-14(6-3-12)29-19(20,21)22/h2-8,11H,9-10H2,1H3,(H,23,24)/t11-/m0/s1. The zero-order chi connectivity index (χ0) is 21.0. The predicted molar refractivity (Wildman–Crippen MR) is 92.5 cm³/mol. The first-order chi connectivity index (χ1) is 13.7. The van der Waals surface area contributed by atoms with E-state index in [0.29, 0.717) is 11.5 Å². The summed E-state index contributed by atoms with van der Waals surface area (Å²) < 4.78 is 55.5. The molecule has 0 spiro atoms. The number of halogens is 3. The molecule has 0 aromatic heterocycles. The molecule has 0 fully saturated rings. The SMILES string of the molecule is C[C@H](NC(=O)COC(=O)c1ccc(OC(F)(F)F)cc1)c1ccc2c(c1)OCO2. The Labute approximate surface area is 163 Å². The molecule has 29 heavy (non-hydrogen) atoms. The van der Waals surface area contributed by atoms with Crippen LogP contribution in [0, 0.1) is 0 Å². The van der Waals surface area contributed by atoms with Crippen LogP contribution in [0.2, 0.25) is 0 Å². The first-order valence-corrected chi connectivity index (χ1v) is 8.43. The van der Waals surface area contributed by atoms with Crippen LogP contribution in [0.4, 0.5) is 13.2 Å². The molecule has 0 radical (unpaired) electrons. The van der Waals surface area contributed by atoms with E-state index in [2.05, 4.69) is 10.1 Å². The highest BCUT2D eigenvalue weighted by Gasteiger charge is 2.31. The molecular formula is C19H16F3NO6. The van der Waals surface area contributed by atoms with Crippen LogP contribution in [0.15, 0.2) is 42.5 Å². The van der Waals surface area contributed by atoms with Crippen LogP contribution in [0.25, 0.3) is 0 Å². The summed E-state index contributed by atoms with van der Waals surface area (Å²) in [7, 11) is 0. The number of hydrogen-bond donors (Lipinski definition) is 1. The Morgan fingerprint density at radius 3 is 2.48 bits per heavy atom. The fourth-order valence-corrected chi connectivity index (χ4v) is 2.56. The number of amides is 1. The first-order valence-electron chi connectivity index (χ1n) is 8.43. The maximum Gasteiger partial charge on any atom is 0.573 e. The third kappa shape index (κ3) is 5.53. The fourth-order valence-electron chi connectivity index (χ4n) is 2.56. The molecule has 2 aromatic carbocycles. The van der Waals surface area contributed by atoms with Gasteiger partial charge in [-0.3, -0.25) is 4.79 Å². The lowest BCUT2D eigenvalue weighted by molar-refractivity contribution is -0.274. The zero-order valence-corrected chi connectivity index (χ0v) is 15.1. The summed E-state index contributed by atoms with van der Waals surface area (Å²) in [6, 6.07) is 9.03. The third-order valence-corrected chi connectivity index (χ3v) is 3.93. The van der Waals surface area contributed by atoms with Crippen LogP contribution in [0.3, 0.4) is 0 Å². The average Bonchev–Trinajstić information content (AvgIpc) is 3.13. The fraction of sp³-hybridized carbons (Fsp3) is 0.263. The average molecular weight is 411 g/mol. The molecule has 0 bridgehead atoms. The van der Waals surface area contributed by atoms with Gasteiger partial charge in [-0.25, -0.2) is 4.79 Å². The van der Waals surface area contributed by atoms with Gasteiger partial charge < -0.3 is 24.3 Å². The van der Waals surface area contributed by atoms with Crippen molar-refractivity contribution in [3.8, 4) is 17.2 Å². The van der Waals surface area contributed by atoms with E-state index in [0.717, 1.165) is 29.8 Å². The van der Waals surface area contributed by atoms with Crippen molar-refractivity contribution in [3.05, 3.63) is 53.6 Å². The molecule has 2 aromatic rings. The molecule has 154 valence electrons. The van der Waals surface area contributed by atoms with E-state index in [1.165, 1.54) is 0 Å². The van der Waals surface area contributed by atoms with Gasteiger partial charge in [-0.05, 0) is 48.9 Å². The first kappa shape index (κ1) is 20.3. The number of carbonyl (C=O) groups is 2. The van der Waals surface area contributed by atoms with Crippen molar-refractivity contribution in [1.82, 2.24) is 5.32 Å². The molecule has 3 rings (SSSR count). The lowest BCUT2D eigenvalue weighted by Crippen LogP contribution is -2.31. The van der Waals surface area contributed by atoms with E-state index < -0.39 is 30.6 Å². The van der Waals surface area contributed by atoms with Crippen LogP contribution in [0.1, 0.15) is 28.9 Å². The van der Waals surface area contributed by atoms with Crippen LogP contribution >= 0.6 is 0 Å². The Balaban J connectivity index is 1.49. The van der Waals surface area contributed by atoms with Crippen molar-refractivity contribution in [2.75, 3.05) is 13.4 Å². The molecule has 1 amide bonds. The smallest absolute Gasteiger partial charge is 0.454 e. The quantitative estimate of drug-likeness (QED) is 0.735. The van der Waals surface area contributed by atoms with Crippen molar-refractivity contribution < 1.29 is 41.7 Å². The summed E-state index contributed by atoms with van der Waals surface area (Å²) in [4.78, 5) is 24.0. The molecule has 7 nitrogen and oxygen atoms in total. The number of hydrogen-bond acceptors (Lipinski definition) is 6. The van der Waals surface area contributed by atoms with Crippen molar-refractivity contribution in [1.29, 1.82) is 0 Å². The van der Waals surface area contributed by atoms with Crippen molar-refractivity contribution in [3.63, 3.8) is 0 Å². The number of esters is 1. The van der Waals surface area contributed by atoms with E-state index in [1.807, 2.05) is 0 Å². The molecule has 0 aliphatic carbocycles. The number of benzene rings is 2. The Morgan fingerprint density at radius 2 is 1.79 bits per heavy atom. The predicted octanol–water partition coefficient (Wildman–Crippen LogP) is 3.35. The summed E-state index contributed by atoms with van der Waals surface area (Å²) in [6.07, 6.45) is -4.82. The van der Waals surface area contributed by atoms with Crippen LogP contribution in [0.5, 0.6) is 17.2 Å². The molecule has 0 saturated heterocycles. The van der Waals surface area contributed by atoms with Crippen LogP contribution in [-0.2, 0) is 9.53 Å². The Bertz CT molecular complexity index is 898. The van der Waals surface area contributed by atoms with Gasteiger partial charge in [0.25, 0.3) is 5.91 Å². The van der Waals surface area contributed by atoms with Gasteiger partial charge in [0.15, 0.2) is 18.1 Å². The van der Waals surface area contributed by atoms with Gasteiger partial charge in [0.2, 0.25) is 6.79 Å². The highest BCUT2D eigenvalue weighted by Crippen LogP contribution is 2.34. The van der Waals surface area contributed by atoms with E-state index in [9.17, 15) is 22.8 Å². The molecule has 1 atom stereocenters. The lowest BCUT2D eigenvalue weighted by atomic mass is 10.1. The largest absolute Gasteiger partial charge is 0.573 e. The van der Waals surface area contributed by atoms with Gasteiger partial charge in [0.05, 0.1) is 11.6 Å². The van der Waals surface area contributed by atoms with Crippen molar-refractivity contribution in [2.45, 2.75) is 19.3 Å². The van der Waals surface area contributed by atoms with Crippen LogP contribution < -0.4 is 19.5 Å². The van der Waals surface area contributed by atoms with E-state index in [1.54, 1.807) is 25.1 Å². The summed E-state index contributed by atoms with van der Waals surface area (Å²) in [5.74, 6) is -0.667. The molecule has 10 heteroatoms. The van der Waals surface area contributed by atoms with Crippen molar-refractivity contribution in [2.24, 2.45) is 0 Å². The second-order valence-electron chi connectivity index (χ2n) is 6.05. The van der Waals surface area contributed by atoms with E-state index in [4.69, 9.17) is 14.2 Å². The number of carbonyl (C=O) groups excluding carboxylic acids is 2.